The van der Waals surface area contributed by atoms with E-state index in [1.54, 1.807) is 6.26 Å². The maximum Gasteiger partial charge on any atom is 0.315 e. The topological polar surface area (TPSA) is 80.0 Å². The van der Waals surface area contributed by atoms with Gasteiger partial charge >= 0.3 is 6.01 Å². The summed E-state index contributed by atoms with van der Waals surface area (Å²) in [7, 11) is -0.809. The van der Waals surface area contributed by atoms with E-state index in [4.69, 9.17) is 4.42 Å². The van der Waals surface area contributed by atoms with Crippen LogP contribution in [0.2, 0.25) is 0 Å². The SMILES string of the molecule is CCNC(C)c1nnc(NCCS(C)=O)o1. The Hall–Kier alpha value is -0.950. The summed E-state index contributed by atoms with van der Waals surface area (Å²) >= 11 is 0. The molecule has 0 aliphatic rings. The molecule has 0 amide bonds. The summed E-state index contributed by atoms with van der Waals surface area (Å²) in [5.41, 5.74) is 0. The van der Waals surface area contributed by atoms with Gasteiger partial charge in [-0.15, -0.1) is 5.10 Å². The van der Waals surface area contributed by atoms with Gasteiger partial charge in [0.25, 0.3) is 0 Å². The highest BCUT2D eigenvalue weighted by molar-refractivity contribution is 7.84. The molecule has 92 valence electrons. The Labute approximate surface area is 97.7 Å². The number of anilines is 1. The van der Waals surface area contributed by atoms with E-state index in [1.807, 2.05) is 13.8 Å². The van der Waals surface area contributed by atoms with Gasteiger partial charge in [-0.25, -0.2) is 0 Å². The zero-order chi connectivity index (χ0) is 12.0. The van der Waals surface area contributed by atoms with Crippen molar-refractivity contribution in [3.63, 3.8) is 0 Å². The summed E-state index contributed by atoms with van der Waals surface area (Å²) in [5.74, 6) is 1.13. The maximum atomic E-state index is 10.8. The third-order valence-corrected chi connectivity index (χ3v) is 2.77. The highest BCUT2D eigenvalue weighted by Gasteiger charge is 2.12. The third-order valence-electron chi connectivity index (χ3n) is 1.99. The summed E-state index contributed by atoms with van der Waals surface area (Å²) in [5, 5.41) is 13.9. The highest BCUT2D eigenvalue weighted by atomic mass is 32.2. The van der Waals surface area contributed by atoms with Crippen LogP contribution < -0.4 is 10.6 Å². The summed E-state index contributed by atoms with van der Waals surface area (Å²) < 4.78 is 16.2. The second-order valence-corrected chi connectivity index (χ2v) is 4.98. The molecule has 0 bridgehead atoms. The van der Waals surface area contributed by atoms with Crippen LogP contribution in [0.3, 0.4) is 0 Å². The van der Waals surface area contributed by atoms with Crippen molar-refractivity contribution in [3.8, 4) is 0 Å². The number of hydrogen-bond acceptors (Lipinski definition) is 6. The molecule has 0 aliphatic heterocycles. The van der Waals surface area contributed by atoms with Crippen molar-refractivity contribution in [3.05, 3.63) is 5.89 Å². The number of rotatable bonds is 7. The first-order valence-corrected chi connectivity index (χ1v) is 6.97. The molecule has 2 unspecified atom stereocenters. The summed E-state index contributed by atoms with van der Waals surface area (Å²) in [6.45, 7) is 5.39. The van der Waals surface area contributed by atoms with Crippen LogP contribution in [0.5, 0.6) is 0 Å². The first-order valence-electron chi connectivity index (χ1n) is 5.24. The van der Waals surface area contributed by atoms with E-state index in [9.17, 15) is 4.21 Å². The molecule has 0 aliphatic carbocycles. The van der Waals surface area contributed by atoms with E-state index in [2.05, 4.69) is 20.8 Å². The van der Waals surface area contributed by atoms with Crippen LogP contribution in [0, 0.1) is 0 Å². The molecule has 0 saturated heterocycles. The van der Waals surface area contributed by atoms with Crippen molar-refractivity contribution >= 4 is 16.8 Å². The molecular formula is C9H18N4O2S. The largest absolute Gasteiger partial charge is 0.406 e. The Bertz CT molecular complexity index is 342. The predicted octanol–water partition coefficient (Wildman–Crippen LogP) is 0.530. The quantitative estimate of drug-likeness (QED) is 0.730. The molecule has 0 saturated carbocycles. The number of nitrogens with zero attached hydrogens (tertiary/aromatic N) is 2. The average molecular weight is 246 g/mol. The van der Waals surface area contributed by atoms with Crippen molar-refractivity contribution in [2.24, 2.45) is 0 Å². The molecule has 16 heavy (non-hydrogen) atoms. The lowest BCUT2D eigenvalue weighted by Crippen LogP contribution is -2.17. The minimum absolute atomic E-state index is 0.0494. The molecule has 1 rings (SSSR count). The predicted molar refractivity (Wildman–Crippen MR) is 63.8 cm³/mol. The summed E-state index contributed by atoms with van der Waals surface area (Å²) in [6.07, 6.45) is 1.66. The van der Waals surface area contributed by atoms with Gasteiger partial charge < -0.3 is 15.1 Å². The Morgan fingerprint density at radius 2 is 2.25 bits per heavy atom. The van der Waals surface area contributed by atoms with E-state index in [0.717, 1.165) is 6.54 Å². The molecule has 0 spiro atoms. The van der Waals surface area contributed by atoms with Crippen LogP contribution in [-0.4, -0.2) is 39.5 Å². The van der Waals surface area contributed by atoms with Crippen LogP contribution in [0.1, 0.15) is 25.8 Å². The molecule has 7 heteroatoms. The average Bonchev–Trinajstić information content (AvgIpc) is 2.66. The lowest BCUT2D eigenvalue weighted by Gasteiger charge is -2.05. The fraction of sp³-hybridized carbons (Fsp3) is 0.778. The Morgan fingerprint density at radius 1 is 1.50 bits per heavy atom. The molecule has 1 aromatic rings. The Morgan fingerprint density at radius 3 is 2.88 bits per heavy atom. The molecule has 1 aromatic heterocycles. The zero-order valence-electron chi connectivity index (χ0n) is 9.82. The standard InChI is InChI=1S/C9H18N4O2S/c1-4-10-7(2)8-12-13-9(15-8)11-5-6-16(3)14/h7,10H,4-6H2,1-3H3,(H,11,13). The van der Waals surface area contributed by atoms with Crippen molar-refractivity contribution in [2.45, 2.75) is 19.9 Å². The Kier molecular flexibility index (Phi) is 5.41. The summed E-state index contributed by atoms with van der Waals surface area (Å²) in [4.78, 5) is 0. The molecular weight excluding hydrogens is 228 g/mol. The fourth-order valence-corrected chi connectivity index (χ4v) is 1.57. The molecule has 0 fully saturated rings. The monoisotopic (exact) mass is 246 g/mol. The van der Waals surface area contributed by atoms with Crippen LogP contribution >= 0.6 is 0 Å². The van der Waals surface area contributed by atoms with Crippen molar-refractivity contribution in [1.29, 1.82) is 0 Å². The molecule has 0 radical (unpaired) electrons. The molecule has 2 atom stereocenters. The third kappa shape index (κ3) is 4.28. The second-order valence-electron chi connectivity index (χ2n) is 3.43. The van der Waals surface area contributed by atoms with Crippen molar-refractivity contribution in [2.75, 3.05) is 30.4 Å². The zero-order valence-corrected chi connectivity index (χ0v) is 10.6. The van der Waals surface area contributed by atoms with Crippen molar-refractivity contribution in [1.82, 2.24) is 15.5 Å². The van der Waals surface area contributed by atoms with Crippen LogP contribution in [0.25, 0.3) is 0 Å². The normalized spacial score (nSPS) is 14.7. The maximum absolute atomic E-state index is 10.8. The van der Waals surface area contributed by atoms with E-state index in [0.29, 0.717) is 24.2 Å². The Balaban J connectivity index is 2.41. The molecule has 6 nitrogen and oxygen atoms in total. The minimum Gasteiger partial charge on any atom is -0.406 e. The first-order chi connectivity index (χ1) is 7.63. The molecule has 2 N–H and O–H groups in total. The number of aromatic nitrogens is 2. The summed E-state index contributed by atoms with van der Waals surface area (Å²) in [6, 6.07) is 0.429. The second kappa shape index (κ2) is 6.59. The van der Waals surface area contributed by atoms with Crippen LogP contribution in [0.15, 0.2) is 4.42 Å². The van der Waals surface area contributed by atoms with Gasteiger partial charge in [-0.1, -0.05) is 12.0 Å². The van der Waals surface area contributed by atoms with Gasteiger partial charge in [-0.2, -0.15) is 0 Å². The molecule has 0 aromatic carbocycles. The minimum atomic E-state index is -0.809. The van der Waals surface area contributed by atoms with Crippen molar-refractivity contribution < 1.29 is 8.63 Å². The van der Waals surface area contributed by atoms with E-state index in [-0.39, 0.29) is 6.04 Å². The van der Waals surface area contributed by atoms with Gasteiger partial charge in [-0.3, -0.25) is 4.21 Å². The van der Waals surface area contributed by atoms with E-state index in [1.165, 1.54) is 0 Å². The van der Waals surface area contributed by atoms with Gasteiger partial charge in [-0.05, 0) is 13.5 Å². The number of nitrogens with one attached hydrogen (secondary N) is 2. The van der Waals surface area contributed by atoms with E-state index >= 15 is 0 Å². The first kappa shape index (κ1) is 13.1. The van der Waals surface area contributed by atoms with Crippen LogP contribution in [-0.2, 0) is 10.8 Å². The van der Waals surface area contributed by atoms with Gasteiger partial charge in [0.1, 0.15) is 0 Å². The van der Waals surface area contributed by atoms with E-state index < -0.39 is 10.8 Å². The fourth-order valence-electron chi connectivity index (χ4n) is 1.18. The highest BCUT2D eigenvalue weighted by Crippen LogP contribution is 2.12. The van der Waals surface area contributed by atoms with Gasteiger partial charge in [0.05, 0.1) is 6.04 Å². The van der Waals surface area contributed by atoms with Gasteiger partial charge in [0, 0.05) is 29.4 Å². The van der Waals surface area contributed by atoms with Gasteiger partial charge in [0.2, 0.25) is 5.89 Å². The number of hydrogen-bond donors (Lipinski definition) is 2. The van der Waals surface area contributed by atoms with Gasteiger partial charge in [0.15, 0.2) is 0 Å². The lowest BCUT2D eigenvalue weighted by atomic mass is 10.3. The molecule has 1 heterocycles. The smallest absolute Gasteiger partial charge is 0.315 e. The van der Waals surface area contributed by atoms with Crippen LogP contribution in [0.4, 0.5) is 6.01 Å². The lowest BCUT2D eigenvalue weighted by molar-refractivity contribution is 0.429.